The monoisotopic (exact) mass is 246 g/mol. The highest BCUT2D eigenvalue weighted by Crippen LogP contribution is 2.23. The lowest BCUT2D eigenvalue weighted by atomic mass is 10.0. The molecule has 0 spiro atoms. The number of fused-ring (bicyclic) bond motifs is 1. The topological polar surface area (TPSA) is 33.3 Å². The summed E-state index contributed by atoms with van der Waals surface area (Å²) in [5.74, 6) is 1.01. The molecule has 1 atom stereocenters. The van der Waals surface area contributed by atoms with E-state index in [1.807, 2.05) is 0 Å². The second-order valence-corrected chi connectivity index (χ2v) is 5.74. The van der Waals surface area contributed by atoms with Crippen LogP contribution in [0.5, 0.6) is 5.75 Å². The van der Waals surface area contributed by atoms with E-state index in [1.165, 1.54) is 24.0 Å². The Labute approximate surface area is 109 Å². The molecule has 1 aromatic carbocycles. The zero-order chi connectivity index (χ0) is 12.4. The molecule has 1 unspecified atom stereocenters. The van der Waals surface area contributed by atoms with Crippen LogP contribution in [0.15, 0.2) is 18.2 Å². The van der Waals surface area contributed by atoms with Gasteiger partial charge in [0.25, 0.3) is 0 Å². The molecule has 0 aliphatic carbocycles. The molecule has 0 radical (unpaired) electrons. The van der Waals surface area contributed by atoms with Crippen LogP contribution in [0.3, 0.4) is 0 Å². The van der Waals surface area contributed by atoms with Crippen molar-refractivity contribution in [1.82, 2.24) is 10.6 Å². The van der Waals surface area contributed by atoms with Gasteiger partial charge in [-0.3, -0.25) is 0 Å². The Morgan fingerprint density at radius 1 is 1.28 bits per heavy atom. The predicted molar refractivity (Wildman–Crippen MR) is 73.0 cm³/mol. The average Bonchev–Trinajstić information content (AvgIpc) is 2.84. The van der Waals surface area contributed by atoms with Crippen molar-refractivity contribution in [3.63, 3.8) is 0 Å². The van der Waals surface area contributed by atoms with Gasteiger partial charge in [-0.1, -0.05) is 6.07 Å². The van der Waals surface area contributed by atoms with E-state index in [2.05, 4.69) is 35.8 Å². The Morgan fingerprint density at radius 3 is 3.06 bits per heavy atom. The molecule has 0 bridgehead atoms. The third-order valence-electron chi connectivity index (χ3n) is 4.08. The second kappa shape index (κ2) is 4.90. The van der Waals surface area contributed by atoms with Crippen molar-refractivity contribution in [2.45, 2.75) is 38.3 Å². The first-order valence-corrected chi connectivity index (χ1v) is 6.96. The fraction of sp³-hybridized carbons (Fsp3) is 0.600. The van der Waals surface area contributed by atoms with E-state index in [1.54, 1.807) is 0 Å². The summed E-state index contributed by atoms with van der Waals surface area (Å²) in [6.45, 7) is 6.20. The van der Waals surface area contributed by atoms with Crippen LogP contribution in [0.2, 0.25) is 0 Å². The molecular weight excluding hydrogens is 224 g/mol. The normalized spacial score (nSPS) is 26.9. The summed E-state index contributed by atoms with van der Waals surface area (Å²) in [5.41, 5.74) is 3.02. The van der Waals surface area contributed by atoms with E-state index in [-0.39, 0.29) is 5.54 Å². The molecule has 3 rings (SSSR count). The van der Waals surface area contributed by atoms with Crippen LogP contribution in [0.4, 0.5) is 0 Å². The first kappa shape index (κ1) is 12.0. The highest BCUT2D eigenvalue weighted by Gasteiger charge is 2.28. The van der Waals surface area contributed by atoms with Crippen LogP contribution in [0, 0.1) is 0 Å². The van der Waals surface area contributed by atoms with Crippen molar-refractivity contribution in [1.29, 1.82) is 0 Å². The molecule has 0 amide bonds. The van der Waals surface area contributed by atoms with Gasteiger partial charge < -0.3 is 15.4 Å². The molecule has 2 heterocycles. The van der Waals surface area contributed by atoms with Crippen LogP contribution in [-0.2, 0) is 13.0 Å². The molecule has 2 aliphatic heterocycles. The van der Waals surface area contributed by atoms with E-state index in [9.17, 15) is 0 Å². The van der Waals surface area contributed by atoms with E-state index in [4.69, 9.17) is 4.74 Å². The molecule has 1 fully saturated rings. The van der Waals surface area contributed by atoms with E-state index >= 15 is 0 Å². The Balaban J connectivity index is 1.66. The molecule has 98 valence electrons. The summed E-state index contributed by atoms with van der Waals surface area (Å²) in [7, 11) is 0. The van der Waals surface area contributed by atoms with E-state index < -0.39 is 0 Å². The summed E-state index contributed by atoms with van der Waals surface area (Å²) in [5, 5.41) is 6.93. The Hall–Kier alpha value is -1.06. The standard InChI is InChI=1S/C15H22N2O/c1-15(6-2-7-17-15)11-18-14-4-3-12-5-8-16-10-13(12)9-14/h3-4,9,16-17H,2,5-8,10-11H2,1H3. The van der Waals surface area contributed by atoms with Gasteiger partial charge in [-0.05, 0) is 62.5 Å². The maximum atomic E-state index is 5.97. The summed E-state index contributed by atoms with van der Waals surface area (Å²) in [6, 6.07) is 6.53. The van der Waals surface area contributed by atoms with Gasteiger partial charge in [-0.2, -0.15) is 0 Å². The summed E-state index contributed by atoms with van der Waals surface area (Å²) >= 11 is 0. The molecule has 1 aromatic rings. The average molecular weight is 246 g/mol. The lowest BCUT2D eigenvalue weighted by Gasteiger charge is -2.25. The fourth-order valence-electron chi connectivity index (χ4n) is 2.87. The predicted octanol–water partition coefficient (Wildman–Crippen LogP) is 1.85. The third kappa shape index (κ3) is 2.52. The van der Waals surface area contributed by atoms with Gasteiger partial charge in [0.2, 0.25) is 0 Å². The Kier molecular flexibility index (Phi) is 3.27. The Bertz CT molecular complexity index is 425. The maximum absolute atomic E-state index is 5.97. The lowest BCUT2D eigenvalue weighted by molar-refractivity contribution is 0.212. The highest BCUT2D eigenvalue weighted by molar-refractivity contribution is 5.37. The zero-order valence-electron chi connectivity index (χ0n) is 11.1. The number of nitrogens with one attached hydrogen (secondary N) is 2. The van der Waals surface area contributed by atoms with Crippen molar-refractivity contribution < 1.29 is 4.74 Å². The molecule has 3 heteroatoms. The first-order valence-electron chi connectivity index (χ1n) is 6.96. The summed E-state index contributed by atoms with van der Waals surface area (Å²) in [4.78, 5) is 0. The molecule has 0 aromatic heterocycles. The maximum Gasteiger partial charge on any atom is 0.119 e. The number of hydrogen-bond donors (Lipinski definition) is 2. The van der Waals surface area contributed by atoms with Crippen LogP contribution < -0.4 is 15.4 Å². The second-order valence-electron chi connectivity index (χ2n) is 5.74. The third-order valence-corrected chi connectivity index (χ3v) is 4.08. The van der Waals surface area contributed by atoms with Crippen molar-refractivity contribution in [3.8, 4) is 5.75 Å². The Morgan fingerprint density at radius 2 is 2.22 bits per heavy atom. The quantitative estimate of drug-likeness (QED) is 0.854. The van der Waals surface area contributed by atoms with Gasteiger partial charge in [0.05, 0.1) is 0 Å². The van der Waals surface area contributed by atoms with Gasteiger partial charge in [0, 0.05) is 12.1 Å². The van der Waals surface area contributed by atoms with Crippen LogP contribution in [0.25, 0.3) is 0 Å². The van der Waals surface area contributed by atoms with Gasteiger partial charge in [0.1, 0.15) is 12.4 Å². The fourth-order valence-corrected chi connectivity index (χ4v) is 2.87. The molecule has 0 saturated carbocycles. The van der Waals surface area contributed by atoms with Gasteiger partial charge >= 0.3 is 0 Å². The smallest absolute Gasteiger partial charge is 0.119 e. The minimum Gasteiger partial charge on any atom is -0.492 e. The van der Waals surface area contributed by atoms with Crippen molar-refractivity contribution in [3.05, 3.63) is 29.3 Å². The van der Waals surface area contributed by atoms with E-state index in [0.717, 1.165) is 38.4 Å². The largest absolute Gasteiger partial charge is 0.492 e. The minimum absolute atomic E-state index is 0.161. The molecular formula is C15H22N2O. The zero-order valence-corrected chi connectivity index (χ0v) is 11.1. The molecule has 1 saturated heterocycles. The lowest BCUT2D eigenvalue weighted by Crippen LogP contribution is -2.42. The van der Waals surface area contributed by atoms with Crippen molar-refractivity contribution in [2.75, 3.05) is 19.7 Å². The summed E-state index contributed by atoms with van der Waals surface area (Å²) in [6.07, 6.45) is 3.60. The van der Waals surface area contributed by atoms with Crippen LogP contribution in [-0.4, -0.2) is 25.2 Å². The molecule has 3 nitrogen and oxygen atoms in total. The number of benzene rings is 1. The van der Waals surface area contributed by atoms with Crippen LogP contribution >= 0.6 is 0 Å². The van der Waals surface area contributed by atoms with Crippen molar-refractivity contribution >= 4 is 0 Å². The molecule has 2 aliphatic rings. The molecule has 18 heavy (non-hydrogen) atoms. The van der Waals surface area contributed by atoms with Gasteiger partial charge in [-0.15, -0.1) is 0 Å². The van der Waals surface area contributed by atoms with Gasteiger partial charge in [0.15, 0.2) is 0 Å². The van der Waals surface area contributed by atoms with Gasteiger partial charge in [-0.25, -0.2) is 0 Å². The highest BCUT2D eigenvalue weighted by atomic mass is 16.5. The number of ether oxygens (including phenoxy) is 1. The van der Waals surface area contributed by atoms with E-state index in [0.29, 0.717) is 0 Å². The number of hydrogen-bond acceptors (Lipinski definition) is 3. The minimum atomic E-state index is 0.161. The van der Waals surface area contributed by atoms with Crippen LogP contribution in [0.1, 0.15) is 30.9 Å². The first-order chi connectivity index (χ1) is 8.75. The SMILES string of the molecule is CC1(COc2ccc3c(c2)CNCC3)CCCN1. The molecule has 2 N–H and O–H groups in total. The number of rotatable bonds is 3. The summed E-state index contributed by atoms with van der Waals surface area (Å²) < 4.78 is 5.97. The van der Waals surface area contributed by atoms with Crippen molar-refractivity contribution in [2.24, 2.45) is 0 Å².